The van der Waals surface area contributed by atoms with Crippen molar-refractivity contribution in [3.8, 4) is 0 Å². The van der Waals surface area contributed by atoms with Crippen LogP contribution in [-0.2, 0) is 12.6 Å². The number of hydrogen-bond donors (Lipinski definition) is 2. The average molecular weight is 303 g/mol. The first kappa shape index (κ1) is 18.0. The summed E-state index contributed by atoms with van der Waals surface area (Å²) in [6, 6.07) is 5.26. The molecule has 1 aromatic carbocycles. The third-order valence-corrected chi connectivity index (χ3v) is 3.51. The van der Waals surface area contributed by atoms with Gasteiger partial charge in [0.05, 0.1) is 12.2 Å². The molecule has 2 N–H and O–H groups in total. The van der Waals surface area contributed by atoms with Crippen LogP contribution >= 0.6 is 0 Å². The Morgan fingerprint density at radius 3 is 2.29 bits per heavy atom. The van der Waals surface area contributed by atoms with E-state index < -0.39 is 11.7 Å². The molecule has 21 heavy (non-hydrogen) atoms. The molecule has 1 unspecified atom stereocenters. The number of halogens is 3. The van der Waals surface area contributed by atoms with Crippen molar-refractivity contribution >= 4 is 0 Å². The minimum absolute atomic E-state index is 0.00354. The number of rotatable bonds is 5. The molecule has 0 saturated carbocycles. The zero-order chi connectivity index (χ0) is 16.3. The molecular formula is C16H24F3NO. The van der Waals surface area contributed by atoms with Crippen LogP contribution in [0.25, 0.3) is 0 Å². The van der Waals surface area contributed by atoms with E-state index in [1.807, 2.05) is 27.7 Å². The van der Waals surface area contributed by atoms with Gasteiger partial charge < -0.3 is 10.4 Å². The Labute approximate surface area is 124 Å². The second-order valence-electron chi connectivity index (χ2n) is 6.57. The van der Waals surface area contributed by atoms with E-state index in [9.17, 15) is 18.3 Å². The molecule has 0 saturated heterocycles. The van der Waals surface area contributed by atoms with Gasteiger partial charge in [0.15, 0.2) is 0 Å². The second kappa shape index (κ2) is 6.79. The molecular weight excluding hydrogens is 279 g/mol. The van der Waals surface area contributed by atoms with Gasteiger partial charge in [-0.2, -0.15) is 13.2 Å². The van der Waals surface area contributed by atoms with Crippen LogP contribution in [0.5, 0.6) is 0 Å². The quantitative estimate of drug-likeness (QED) is 0.870. The lowest BCUT2D eigenvalue weighted by Crippen LogP contribution is -2.47. The molecule has 1 rings (SSSR count). The fourth-order valence-electron chi connectivity index (χ4n) is 2.21. The topological polar surface area (TPSA) is 32.3 Å². The van der Waals surface area contributed by atoms with E-state index in [0.717, 1.165) is 6.07 Å². The molecule has 2 atom stereocenters. The van der Waals surface area contributed by atoms with E-state index >= 15 is 0 Å². The largest absolute Gasteiger partial charge is 0.416 e. The summed E-state index contributed by atoms with van der Waals surface area (Å²) in [6.45, 7) is 7.94. The minimum Gasteiger partial charge on any atom is -0.395 e. The van der Waals surface area contributed by atoms with E-state index in [1.165, 1.54) is 12.1 Å². The summed E-state index contributed by atoms with van der Waals surface area (Å²) in [7, 11) is 0. The van der Waals surface area contributed by atoms with Crippen LogP contribution in [0.1, 0.15) is 38.8 Å². The maximum absolute atomic E-state index is 12.7. The highest BCUT2D eigenvalue weighted by molar-refractivity contribution is 5.26. The number of nitrogens with one attached hydrogen (secondary N) is 1. The van der Waals surface area contributed by atoms with Crippen LogP contribution in [-0.4, -0.2) is 23.8 Å². The number of benzene rings is 1. The molecule has 0 amide bonds. The smallest absolute Gasteiger partial charge is 0.395 e. The Hall–Kier alpha value is -1.07. The molecule has 0 radical (unpaired) electrons. The van der Waals surface area contributed by atoms with E-state index in [4.69, 9.17) is 0 Å². The third kappa shape index (κ3) is 5.67. The molecule has 0 aliphatic heterocycles. The lowest BCUT2D eigenvalue weighted by molar-refractivity contribution is -0.137. The van der Waals surface area contributed by atoms with Crippen molar-refractivity contribution in [1.29, 1.82) is 0 Å². The Bertz CT molecular complexity index is 452. The summed E-state index contributed by atoms with van der Waals surface area (Å²) in [5, 5.41) is 12.7. The first-order valence-electron chi connectivity index (χ1n) is 7.07. The number of aliphatic hydroxyl groups is 1. The zero-order valence-corrected chi connectivity index (χ0v) is 13.0. The zero-order valence-electron chi connectivity index (χ0n) is 13.0. The number of hydrogen-bond acceptors (Lipinski definition) is 2. The van der Waals surface area contributed by atoms with Crippen LogP contribution in [0.4, 0.5) is 13.2 Å². The van der Waals surface area contributed by atoms with Gasteiger partial charge in [-0.3, -0.25) is 0 Å². The molecule has 0 aliphatic carbocycles. The lowest BCUT2D eigenvalue weighted by atomic mass is 9.86. The van der Waals surface area contributed by atoms with Crippen molar-refractivity contribution in [3.63, 3.8) is 0 Å². The van der Waals surface area contributed by atoms with Crippen LogP contribution < -0.4 is 5.32 Å². The fraction of sp³-hybridized carbons (Fsp3) is 0.625. The summed E-state index contributed by atoms with van der Waals surface area (Å²) in [5.41, 5.74) is -0.103. The monoisotopic (exact) mass is 303 g/mol. The molecule has 5 heteroatoms. The number of alkyl halides is 3. The summed E-state index contributed by atoms with van der Waals surface area (Å²) in [5.74, 6) is 0. The van der Waals surface area contributed by atoms with Crippen LogP contribution in [0, 0.1) is 5.41 Å². The van der Waals surface area contributed by atoms with Gasteiger partial charge in [0.2, 0.25) is 0 Å². The van der Waals surface area contributed by atoms with Gasteiger partial charge in [-0.25, -0.2) is 0 Å². The molecule has 0 spiro atoms. The van der Waals surface area contributed by atoms with Crippen molar-refractivity contribution in [2.24, 2.45) is 5.41 Å². The average Bonchev–Trinajstić information content (AvgIpc) is 2.33. The maximum Gasteiger partial charge on any atom is 0.416 e. The molecule has 120 valence electrons. The summed E-state index contributed by atoms with van der Waals surface area (Å²) < 4.78 is 38.0. The van der Waals surface area contributed by atoms with Gasteiger partial charge in [-0.1, -0.05) is 39.0 Å². The predicted octanol–water partition coefficient (Wildman–Crippen LogP) is 3.63. The van der Waals surface area contributed by atoms with Gasteiger partial charge in [0.25, 0.3) is 0 Å². The molecule has 0 aliphatic rings. The minimum atomic E-state index is -4.31. The van der Waals surface area contributed by atoms with Crippen LogP contribution in [0.2, 0.25) is 0 Å². The first-order chi connectivity index (χ1) is 9.54. The Morgan fingerprint density at radius 2 is 1.81 bits per heavy atom. The van der Waals surface area contributed by atoms with Gasteiger partial charge >= 0.3 is 6.18 Å². The highest BCUT2D eigenvalue weighted by Gasteiger charge is 2.30. The molecule has 0 fully saturated rings. The Morgan fingerprint density at radius 1 is 1.19 bits per heavy atom. The van der Waals surface area contributed by atoms with Crippen molar-refractivity contribution in [2.75, 3.05) is 6.61 Å². The van der Waals surface area contributed by atoms with Crippen molar-refractivity contribution in [3.05, 3.63) is 35.4 Å². The molecule has 0 bridgehead atoms. The van der Waals surface area contributed by atoms with E-state index in [-0.39, 0.29) is 24.1 Å². The summed E-state index contributed by atoms with van der Waals surface area (Å²) in [4.78, 5) is 0. The maximum atomic E-state index is 12.7. The third-order valence-electron chi connectivity index (χ3n) is 3.51. The van der Waals surface area contributed by atoms with Crippen molar-refractivity contribution in [1.82, 2.24) is 5.32 Å². The first-order valence-corrected chi connectivity index (χ1v) is 7.07. The van der Waals surface area contributed by atoms with Gasteiger partial charge in [0, 0.05) is 12.1 Å². The summed E-state index contributed by atoms with van der Waals surface area (Å²) >= 11 is 0. The normalized spacial score (nSPS) is 15.8. The Kier molecular flexibility index (Phi) is 5.82. The predicted molar refractivity (Wildman–Crippen MR) is 78.1 cm³/mol. The number of aliphatic hydroxyl groups excluding tert-OH is 1. The molecule has 0 aromatic heterocycles. The van der Waals surface area contributed by atoms with E-state index in [1.54, 1.807) is 6.07 Å². The van der Waals surface area contributed by atoms with Crippen LogP contribution in [0.3, 0.4) is 0 Å². The fourth-order valence-corrected chi connectivity index (χ4v) is 2.21. The SMILES string of the molecule is CC(Cc1cccc(C(F)(F)F)c1)N[C@H](CO)C(C)(C)C. The Balaban J connectivity index is 2.73. The molecule has 2 nitrogen and oxygen atoms in total. The van der Waals surface area contributed by atoms with Gasteiger partial charge in [-0.05, 0) is 30.4 Å². The van der Waals surface area contributed by atoms with Gasteiger partial charge in [0.1, 0.15) is 0 Å². The van der Waals surface area contributed by atoms with Crippen molar-refractivity contribution in [2.45, 2.75) is 52.4 Å². The standard InChI is InChI=1S/C16H24F3NO/c1-11(20-14(10-21)15(2,3)4)8-12-6-5-7-13(9-12)16(17,18)19/h5-7,9,11,14,20-21H,8,10H2,1-4H3/t11?,14-/m1/s1. The van der Waals surface area contributed by atoms with Crippen molar-refractivity contribution < 1.29 is 18.3 Å². The highest BCUT2D eigenvalue weighted by atomic mass is 19.4. The van der Waals surface area contributed by atoms with E-state index in [0.29, 0.717) is 12.0 Å². The van der Waals surface area contributed by atoms with Gasteiger partial charge in [-0.15, -0.1) is 0 Å². The molecule has 0 heterocycles. The highest BCUT2D eigenvalue weighted by Crippen LogP contribution is 2.29. The summed E-state index contributed by atoms with van der Waals surface area (Å²) in [6.07, 6.45) is -3.83. The van der Waals surface area contributed by atoms with Crippen LogP contribution in [0.15, 0.2) is 24.3 Å². The van der Waals surface area contributed by atoms with E-state index in [2.05, 4.69) is 5.32 Å². The second-order valence-corrected chi connectivity index (χ2v) is 6.57. The lowest BCUT2D eigenvalue weighted by Gasteiger charge is -2.32. The molecule has 1 aromatic rings.